The first-order valence-electron chi connectivity index (χ1n) is 11.5. The fourth-order valence-corrected chi connectivity index (χ4v) is 4.22. The number of nitrogens with two attached hydrogens (primary N) is 1. The van der Waals surface area contributed by atoms with Crippen LogP contribution in [0.15, 0.2) is 60.9 Å². The van der Waals surface area contributed by atoms with Gasteiger partial charge in [0.1, 0.15) is 11.4 Å². The molecule has 0 spiro atoms. The molecule has 0 saturated carbocycles. The highest BCUT2D eigenvalue weighted by Crippen LogP contribution is 2.36. The van der Waals surface area contributed by atoms with Crippen molar-refractivity contribution in [1.82, 2.24) is 25.1 Å². The summed E-state index contributed by atoms with van der Waals surface area (Å²) in [6.45, 7) is 4.69. The molecule has 1 amide bonds. The molecular weight excluding hydrogens is 442 g/mol. The molecule has 0 radical (unpaired) electrons. The summed E-state index contributed by atoms with van der Waals surface area (Å²) in [5.41, 5.74) is 12.3. The quantitative estimate of drug-likeness (QED) is 0.462. The molecule has 1 saturated heterocycles. The van der Waals surface area contributed by atoms with E-state index in [0.29, 0.717) is 49.1 Å². The van der Waals surface area contributed by atoms with Crippen LogP contribution in [-0.4, -0.2) is 59.0 Å². The zero-order valence-electron chi connectivity index (χ0n) is 19.7. The molecular formula is C26H27N7O2. The van der Waals surface area contributed by atoms with E-state index in [9.17, 15) is 4.79 Å². The predicted molar refractivity (Wildman–Crippen MR) is 136 cm³/mol. The zero-order chi connectivity index (χ0) is 24.4. The molecule has 0 atom stereocenters. The number of hydrogen-bond acceptors (Lipinski definition) is 7. The smallest absolute Gasteiger partial charge is 0.270 e. The number of carbonyl (C=O) groups excluding carboxylic acids is 1. The number of aryl methyl sites for hydroxylation is 1. The van der Waals surface area contributed by atoms with E-state index in [1.54, 1.807) is 24.0 Å². The maximum atomic E-state index is 12.6. The second-order valence-electron chi connectivity index (χ2n) is 8.36. The second-order valence-corrected chi connectivity index (χ2v) is 8.36. The molecule has 3 aromatic heterocycles. The number of anilines is 2. The van der Waals surface area contributed by atoms with Crippen LogP contribution in [0.25, 0.3) is 28.3 Å². The van der Waals surface area contributed by atoms with Crippen molar-refractivity contribution in [2.45, 2.75) is 6.92 Å². The highest BCUT2D eigenvalue weighted by molar-refractivity contribution is 6.00. The number of carbonyl (C=O) groups is 1. The average molecular weight is 470 g/mol. The van der Waals surface area contributed by atoms with E-state index in [-0.39, 0.29) is 11.6 Å². The minimum atomic E-state index is -0.305. The van der Waals surface area contributed by atoms with Gasteiger partial charge >= 0.3 is 0 Å². The Hall–Kier alpha value is -4.24. The molecule has 0 unspecified atom stereocenters. The lowest BCUT2D eigenvalue weighted by molar-refractivity contribution is 0.0959. The number of morpholine rings is 1. The summed E-state index contributed by atoms with van der Waals surface area (Å²) < 4.78 is 7.28. The van der Waals surface area contributed by atoms with Crippen LogP contribution in [0.3, 0.4) is 0 Å². The molecule has 1 aliphatic rings. The van der Waals surface area contributed by atoms with Crippen LogP contribution in [0, 0.1) is 6.92 Å². The Bertz CT molecular complexity index is 1380. The largest absolute Gasteiger partial charge is 0.395 e. The number of pyridine rings is 2. The Labute approximate surface area is 203 Å². The van der Waals surface area contributed by atoms with Crippen molar-refractivity contribution in [3.63, 3.8) is 0 Å². The number of amides is 1. The van der Waals surface area contributed by atoms with Crippen molar-refractivity contribution in [2.75, 3.05) is 44.0 Å². The van der Waals surface area contributed by atoms with E-state index >= 15 is 0 Å². The number of aromatic nitrogens is 4. The van der Waals surface area contributed by atoms with Gasteiger partial charge in [-0.15, -0.1) is 0 Å². The van der Waals surface area contributed by atoms with Crippen molar-refractivity contribution >= 4 is 17.3 Å². The Balaban J connectivity index is 1.66. The second kappa shape index (κ2) is 9.55. The van der Waals surface area contributed by atoms with E-state index < -0.39 is 0 Å². The normalized spacial score (nSPS) is 13.6. The van der Waals surface area contributed by atoms with E-state index in [2.05, 4.69) is 34.3 Å². The Morgan fingerprint density at radius 3 is 2.71 bits per heavy atom. The van der Waals surface area contributed by atoms with E-state index in [1.165, 1.54) is 0 Å². The number of nitrogens with one attached hydrogen (secondary N) is 1. The molecule has 4 aromatic rings. The van der Waals surface area contributed by atoms with Crippen LogP contribution < -0.4 is 16.0 Å². The first-order valence-corrected chi connectivity index (χ1v) is 11.5. The first kappa shape index (κ1) is 22.5. The van der Waals surface area contributed by atoms with Crippen LogP contribution in [0.2, 0.25) is 0 Å². The van der Waals surface area contributed by atoms with Gasteiger partial charge < -0.3 is 20.7 Å². The van der Waals surface area contributed by atoms with Gasteiger partial charge in [-0.25, -0.2) is 9.67 Å². The SMILES string of the molecule is CNC(=O)c1ncccc1-c1nc(-n2ccc(-c3cccc(C)c3)n2)cc(N2CCOCC2)c1N. The van der Waals surface area contributed by atoms with Crippen molar-refractivity contribution in [1.29, 1.82) is 0 Å². The molecule has 1 aliphatic heterocycles. The maximum absolute atomic E-state index is 12.6. The third-order valence-electron chi connectivity index (χ3n) is 6.02. The summed E-state index contributed by atoms with van der Waals surface area (Å²) in [5, 5.41) is 7.44. The summed E-state index contributed by atoms with van der Waals surface area (Å²) in [7, 11) is 1.57. The van der Waals surface area contributed by atoms with Gasteiger partial charge in [-0.3, -0.25) is 9.78 Å². The first-order chi connectivity index (χ1) is 17.0. The predicted octanol–water partition coefficient (Wildman–Crippen LogP) is 3.08. The number of rotatable bonds is 5. The van der Waals surface area contributed by atoms with Crippen LogP contribution in [0.1, 0.15) is 16.1 Å². The van der Waals surface area contributed by atoms with E-state index in [0.717, 1.165) is 22.5 Å². The lowest BCUT2D eigenvalue weighted by Gasteiger charge is -2.30. The molecule has 0 bridgehead atoms. The maximum Gasteiger partial charge on any atom is 0.270 e. The summed E-state index contributed by atoms with van der Waals surface area (Å²) in [6, 6.07) is 15.7. The minimum Gasteiger partial charge on any atom is -0.395 e. The van der Waals surface area contributed by atoms with Crippen LogP contribution in [0.5, 0.6) is 0 Å². The lowest BCUT2D eigenvalue weighted by atomic mass is 10.1. The van der Waals surface area contributed by atoms with Gasteiger partial charge in [-0.1, -0.05) is 23.8 Å². The van der Waals surface area contributed by atoms with Gasteiger partial charge in [0.25, 0.3) is 5.91 Å². The topological polar surface area (TPSA) is 111 Å². The third-order valence-corrected chi connectivity index (χ3v) is 6.02. The lowest BCUT2D eigenvalue weighted by Crippen LogP contribution is -2.37. The van der Waals surface area contributed by atoms with Crippen molar-refractivity contribution < 1.29 is 9.53 Å². The van der Waals surface area contributed by atoms with Gasteiger partial charge in [0.2, 0.25) is 0 Å². The molecule has 1 fully saturated rings. The molecule has 9 nitrogen and oxygen atoms in total. The fraction of sp³-hybridized carbons (Fsp3) is 0.231. The van der Waals surface area contributed by atoms with Gasteiger partial charge in [0.15, 0.2) is 5.82 Å². The van der Waals surface area contributed by atoms with Crippen LogP contribution >= 0.6 is 0 Å². The Morgan fingerprint density at radius 1 is 1.11 bits per heavy atom. The van der Waals surface area contributed by atoms with Crippen molar-refractivity contribution in [3.05, 3.63) is 72.2 Å². The van der Waals surface area contributed by atoms with Gasteiger partial charge in [-0.05, 0) is 31.2 Å². The van der Waals surface area contributed by atoms with Crippen LogP contribution in [-0.2, 0) is 4.74 Å². The average Bonchev–Trinajstić information content (AvgIpc) is 3.39. The van der Waals surface area contributed by atoms with E-state index in [1.807, 2.05) is 36.5 Å². The third kappa shape index (κ3) is 4.45. The van der Waals surface area contributed by atoms with E-state index in [4.69, 9.17) is 20.6 Å². The molecule has 35 heavy (non-hydrogen) atoms. The van der Waals surface area contributed by atoms with Crippen molar-refractivity contribution in [2.24, 2.45) is 0 Å². The minimum absolute atomic E-state index is 0.264. The number of hydrogen-bond donors (Lipinski definition) is 2. The highest BCUT2D eigenvalue weighted by Gasteiger charge is 2.23. The molecule has 0 aliphatic carbocycles. The van der Waals surface area contributed by atoms with Gasteiger partial charge in [0.05, 0.1) is 30.3 Å². The van der Waals surface area contributed by atoms with Gasteiger partial charge in [0, 0.05) is 49.7 Å². The summed E-state index contributed by atoms with van der Waals surface area (Å²) in [6.07, 6.45) is 3.46. The summed E-state index contributed by atoms with van der Waals surface area (Å²) in [5.74, 6) is 0.294. The Kier molecular flexibility index (Phi) is 6.15. The molecule has 4 heterocycles. The molecule has 178 valence electrons. The number of ether oxygens (including phenoxy) is 1. The highest BCUT2D eigenvalue weighted by atomic mass is 16.5. The standard InChI is InChI=1S/C26H27N7O2/c1-17-5-3-6-18(15-17)20-8-10-33(31-20)22-16-21(32-11-13-35-14-12-32)23(27)24(30-22)19-7-4-9-29-25(19)26(34)28-2/h3-10,15-16H,11-14,27H2,1-2H3,(H,28,34). The van der Waals surface area contributed by atoms with Gasteiger partial charge in [-0.2, -0.15) is 5.10 Å². The number of nitrogens with zero attached hydrogens (tertiary/aromatic N) is 5. The molecule has 5 rings (SSSR count). The monoisotopic (exact) mass is 469 g/mol. The number of benzene rings is 1. The molecule has 1 aromatic carbocycles. The molecule has 3 N–H and O–H groups in total. The van der Waals surface area contributed by atoms with Crippen molar-refractivity contribution in [3.8, 4) is 28.3 Å². The zero-order valence-corrected chi connectivity index (χ0v) is 19.7. The molecule has 9 heteroatoms. The summed E-state index contributed by atoms with van der Waals surface area (Å²) >= 11 is 0. The van der Waals surface area contributed by atoms with Crippen LogP contribution in [0.4, 0.5) is 11.4 Å². The summed E-state index contributed by atoms with van der Waals surface area (Å²) in [4.78, 5) is 23.9. The Morgan fingerprint density at radius 2 is 1.94 bits per heavy atom. The fourth-order valence-electron chi connectivity index (χ4n) is 4.22. The number of nitrogen functional groups attached to an aromatic ring is 1.